The number of hydrogen-bond donors (Lipinski definition) is 1. The number of halogens is 1. The van der Waals surface area contributed by atoms with Crippen molar-refractivity contribution in [3.05, 3.63) is 18.3 Å². The Balaban J connectivity index is 2.25. The molecule has 2 rings (SSSR count). The highest BCUT2D eigenvalue weighted by molar-refractivity contribution is 9.09. The molecule has 2 heterocycles. The highest BCUT2D eigenvalue weighted by atomic mass is 79.9. The Hall–Kier alpha value is -1.10. The van der Waals surface area contributed by atoms with E-state index in [1.54, 1.807) is 23.2 Å². The smallest absolute Gasteiger partial charge is 0.228 e. The number of hydrogen-bond acceptors (Lipinski definition) is 3. The highest BCUT2D eigenvalue weighted by Crippen LogP contribution is 2.27. The van der Waals surface area contributed by atoms with Gasteiger partial charge >= 0.3 is 0 Å². The van der Waals surface area contributed by atoms with Crippen LogP contribution in [0.2, 0.25) is 0 Å². The largest absolute Gasteiger partial charge is 0.396 e. The third kappa shape index (κ3) is 1.97. The minimum Gasteiger partial charge on any atom is -0.396 e. The van der Waals surface area contributed by atoms with Gasteiger partial charge in [-0.25, -0.2) is 4.98 Å². The molecule has 5 heteroatoms. The minimum absolute atomic E-state index is 0.102. The molecule has 1 fully saturated rings. The number of aromatic nitrogens is 1. The van der Waals surface area contributed by atoms with Crippen LogP contribution in [0.15, 0.2) is 18.3 Å². The SMILES string of the molecule is Nc1cccnc1N1CC(CBr)CC1=O. The summed E-state index contributed by atoms with van der Waals surface area (Å²) in [7, 11) is 0. The molecule has 1 aromatic heterocycles. The van der Waals surface area contributed by atoms with Crippen LogP contribution in [0.25, 0.3) is 0 Å². The molecular formula is C10H12BrN3O. The van der Waals surface area contributed by atoms with Crippen LogP contribution in [0, 0.1) is 5.92 Å². The zero-order chi connectivity index (χ0) is 10.8. The Kier molecular flexibility index (Phi) is 2.90. The summed E-state index contributed by atoms with van der Waals surface area (Å²) in [4.78, 5) is 17.5. The zero-order valence-corrected chi connectivity index (χ0v) is 9.77. The fourth-order valence-electron chi connectivity index (χ4n) is 1.72. The fraction of sp³-hybridized carbons (Fsp3) is 0.400. The number of amides is 1. The van der Waals surface area contributed by atoms with Gasteiger partial charge in [0.05, 0.1) is 5.69 Å². The van der Waals surface area contributed by atoms with Crippen molar-refractivity contribution < 1.29 is 4.79 Å². The second-order valence-electron chi connectivity index (χ2n) is 3.65. The Labute approximate surface area is 96.6 Å². The van der Waals surface area contributed by atoms with Crippen molar-refractivity contribution in [1.29, 1.82) is 0 Å². The molecule has 80 valence electrons. The molecule has 0 radical (unpaired) electrons. The van der Waals surface area contributed by atoms with E-state index < -0.39 is 0 Å². The molecule has 1 atom stereocenters. The van der Waals surface area contributed by atoms with Crippen molar-refractivity contribution >= 4 is 33.3 Å². The van der Waals surface area contributed by atoms with Crippen molar-refractivity contribution in [3.8, 4) is 0 Å². The van der Waals surface area contributed by atoms with Crippen LogP contribution in [0.1, 0.15) is 6.42 Å². The predicted molar refractivity (Wildman–Crippen MR) is 62.9 cm³/mol. The monoisotopic (exact) mass is 269 g/mol. The molecule has 1 aromatic rings. The maximum absolute atomic E-state index is 11.7. The van der Waals surface area contributed by atoms with Crippen LogP contribution < -0.4 is 10.6 Å². The number of nitrogens with two attached hydrogens (primary N) is 1. The number of alkyl halides is 1. The van der Waals surface area contributed by atoms with Gasteiger partial charge in [0.25, 0.3) is 0 Å². The summed E-state index contributed by atoms with van der Waals surface area (Å²) in [5.74, 6) is 1.05. The van der Waals surface area contributed by atoms with Crippen LogP contribution >= 0.6 is 15.9 Å². The zero-order valence-electron chi connectivity index (χ0n) is 8.19. The second-order valence-corrected chi connectivity index (χ2v) is 4.29. The first kappa shape index (κ1) is 10.4. The summed E-state index contributed by atoms with van der Waals surface area (Å²) in [6.45, 7) is 0.700. The van der Waals surface area contributed by atoms with E-state index in [1.165, 1.54) is 0 Å². The second kappa shape index (κ2) is 4.18. The quantitative estimate of drug-likeness (QED) is 0.826. The van der Waals surface area contributed by atoms with Crippen LogP contribution in [0.3, 0.4) is 0 Å². The summed E-state index contributed by atoms with van der Waals surface area (Å²) in [5.41, 5.74) is 6.34. The van der Waals surface area contributed by atoms with E-state index in [9.17, 15) is 4.79 Å². The summed E-state index contributed by atoms with van der Waals surface area (Å²) >= 11 is 3.39. The molecule has 1 amide bonds. The number of pyridine rings is 1. The van der Waals surface area contributed by atoms with Gasteiger partial charge in [-0.3, -0.25) is 9.69 Å². The van der Waals surface area contributed by atoms with Gasteiger partial charge in [-0.15, -0.1) is 0 Å². The lowest BCUT2D eigenvalue weighted by molar-refractivity contribution is -0.117. The van der Waals surface area contributed by atoms with Crippen LogP contribution in [-0.2, 0) is 4.79 Å². The molecule has 1 aliphatic heterocycles. The van der Waals surface area contributed by atoms with Crippen LogP contribution in [-0.4, -0.2) is 22.8 Å². The van der Waals surface area contributed by atoms with Gasteiger partial charge < -0.3 is 5.73 Å². The van der Waals surface area contributed by atoms with Crippen LogP contribution in [0.5, 0.6) is 0 Å². The van der Waals surface area contributed by atoms with Crippen molar-refractivity contribution in [2.24, 2.45) is 5.92 Å². The van der Waals surface area contributed by atoms with Gasteiger partial charge in [-0.1, -0.05) is 15.9 Å². The number of carbonyl (C=O) groups is 1. The van der Waals surface area contributed by atoms with Gasteiger partial charge in [-0.05, 0) is 18.1 Å². The van der Waals surface area contributed by atoms with E-state index in [-0.39, 0.29) is 5.91 Å². The number of anilines is 2. The molecule has 1 unspecified atom stereocenters. The molecular weight excluding hydrogens is 258 g/mol. The summed E-state index contributed by atoms with van der Waals surface area (Å²) < 4.78 is 0. The van der Waals surface area contributed by atoms with E-state index in [1.807, 2.05) is 0 Å². The van der Waals surface area contributed by atoms with Gasteiger partial charge in [0.1, 0.15) is 0 Å². The van der Waals surface area contributed by atoms with Crippen LogP contribution in [0.4, 0.5) is 11.5 Å². The van der Waals surface area contributed by atoms with Gasteiger partial charge in [0.15, 0.2) is 5.82 Å². The first-order chi connectivity index (χ1) is 7.22. The summed E-state index contributed by atoms with van der Waals surface area (Å²) in [5, 5.41) is 0.835. The lowest BCUT2D eigenvalue weighted by atomic mass is 10.2. The summed E-state index contributed by atoms with van der Waals surface area (Å²) in [6, 6.07) is 3.53. The molecule has 15 heavy (non-hydrogen) atoms. The van der Waals surface area contributed by atoms with E-state index in [4.69, 9.17) is 5.73 Å². The lowest BCUT2D eigenvalue weighted by Gasteiger charge is -2.16. The number of nitrogen functional groups attached to an aromatic ring is 1. The van der Waals surface area contributed by atoms with Gasteiger partial charge in [-0.2, -0.15) is 0 Å². The van der Waals surface area contributed by atoms with Crippen molar-refractivity contribution in [2.45, 2.75) is 6.42 Å². The topological polar surface area (TPSA) is 59.2 Å². The van der Waals surface area contributed by atoms with Crippen molar-refractivity contribution in [1.82, 2.24) is 4.98 Å². The lowest BCUT2D eigenvalue weighted by Crippen LogP contribution is -2.26. The Morgan fingerprint density at radius 2 is 2.47 bits per heavy atom. The van der Waals surface area contributed by atoms with E-state index >= 15 is 0 Å². The maximum atomic E-state index is 11.7. The molecule has 0 spiro atoms. The number of rotatable bonds is 2. The average molecular weight is 270 g/mol. The Morgan fingerprint density at radius 1 is 1.67 bits per heavy atom. The first-order valence-corrected chi connectivity index (χ1v) is 5.91. The van der Waals surface area contributed by atoms with Crippen molar-refractivity contribution in [3.63, 3.8) is 0 Å². The highest BCUT2D eigenvalue weighted by Gasteiger charge is 2.31. The molecule has 2 N–H and O–H groups in total. The summed E-state index contributed by atoms with van der Waals surface area (Å²) in [6.07, 6.45) is 2.22. The molecule has 0 bridgehead atoms. The number of carbonyl (C=O) groups excluding carboxylic acids is 1. The fourth-order valence-corrected chi connectivity index (χ4v) is 2.16. The normalized spacial score (nSPS) is 21.0. The minimum atomic E-state index is 0.102. The van der Waals surface area contributed by atoms with Crippen molar-refractivity contribution in [2.75, 3.05) is 22.5 Å². The average Bonchev–Trinajstić information content (AvgIpc) is 2.60. The van der Waals surface area contributed by atoms with E-state index in [0.717, 1.165) is 5.33 Å². The molecule has 0 saturated carbocycles. The molecule has 1 aliphatic rings. The molecule has 0 aliphatic carbocycles. The van der Waals surface area contributed by atoms with E-state index in [2.05, 4.69) is 20.9 Å². The molecule has 1 saturated heterocycles. The first-order valence-electron chi connectivity index (χ1n) is 4.79. The predicted octanol–water partition coefficient (Wildman–Crippen LogP) is 1.41. The third-order valence-corrected chi connectivity index (χ3v) is 3.41. The third-order valence-electron chi connectivity index (χ3n) is 2.50. The Morgan fingerprint density at radius 3 is 3.07 bits per heavy atom. The molecule has 4 nitrogen and oxygen atoms in total. The van der Waals surface area contributed by atoms with Gasteiger partial charge in [0, 0.05) is 24.5 Å². The number of nitrogens with zero attached hydrogens (tertiary/aromatic N) is 2. The molecule has 0 aromatic carbocycles. The Bertz CT molecular complexity index is 383. The van der Waals surface area contributed by atoms with Gasteiger partial charge in [0.2, 0.25) is 5.91 Å². The standard InChI is InChI=1S/C10H12BrN3O/c11-5-7-4-9(15)14(6-7)10-8(12)2-1-3-13-10/h1-3,7H,4-6,12H2. The van der Waals surface area contributed by atoms with E-state index in [0.29, 0.717) is 30.4 Å². The maximum Gasteiger partial charge on any atom is 0.228 e.